The van der Waals surface area contributed by atoms with Crippen LogP contribution in [-0.4, -0.2) is 12.5 Å². The molecule has 0 heterocycles. The van der Waals surface area contributed by atoms with E-state index >= 15 is 0 Å². The van der Waals surface area contributed by atoms with Crippen LogP contribution in [0.15, 0.2) is 54.6 Å². The lowest BCUT2D eigenvalue weighted by Crippen LogP contribution is -2.17. The largest absolute Gasteiger partial charge is 0.573 e. The second-order valence-corrected chi connectivity index (χ2v) is 5.37. The number of halogens is 4. The number of aryl methyl sites for hydroxylation is 1. The quantitative estimate of drug-likeness (QED) is 0.611. The molecule has 2 rings (SSSR count). The summed E-state index contributed by atoms with van der Waals surface area (Å²) in [5.41, 5.74) is 1.83. The second kappa shape index (κ2) is 7.99. The van der Waals surface area contributed by atoms with Gasteiger partial charge in [0.1, 0.15) is 11.9 Å². The van der Waals surface area contributed by atoms with Gasteiger partial charge in [-0.15, -0.1) is 13.2 Å². The maximum absolute atomic E-state index is 14.0. The van der Waals surface area contributed by atoms with Crippen molar-refractivity contribution in [3.63, 3.8) is 0 Å². The predicted molar refractivity (Wildman–Crippen MR) is 81.1 cm³/mol. The number of ether oxygens (including phenoxy) is 1. The molecule has 1 atom stereocenters. The molecule has 0 saturated carbocycles. The average Bonchev–Trinajstić information content (AvgIpc) is 2.49. The third-order valence-corrected chi connectivity index (χ3v) is 3.44. The fourth-order valence-electron chi connectivity index (χ4n) is 2.36. The minimum absolute atomic E-state index is 0.196. The number of benzene rings is 2. The van der Waals surface area contributed by atoms with Gasteiger partial charge in [-0.05, 0) is 42.5 Å². The normalized spacial score (nSPS) is 12.9. The van der Waals surface area contributed by atoms with Crippen LogP contribution in [0.2, 0.25) is 0 Å². The van der Waals surface area contributed by atoms with Crippen molar-refractivity contribution in [2.24, 2.45) is 0 Å². The van der Waals surface area contributed by atoms with Crippen molar-refractivity contribution < 1.29 is 22.3 Å². The van der Waals surface area contributed by atoms with Crippen LogP contribution in [0, 0.1) is 0 Å². The zero-order chi connectivity index (χ0) is 16.7. The van der Waals surface area contributed by atoms with E-state index < -0.39 is 12.5 Å². The second-order valence-electron chi connectivity index (χ2n) is 5.37. The zero-order valence-corrected chi connectivity index (χ0v) is 12.5. The van der Waals surface area contributed by atoms with Gasteiger partial charge in [0.05, 0.1) is 0 Å². The molecule has 0 aliphatic heterocycles. The number of alkyl halides is 4. The summed E-state index contributed by atoms with van der Waals surface area (Å²) < 4.78 is 53.9. The van der Waals surface area contributed by atoms with E-state index in [-0.39, 0.29) is 12.2 Å². The Morgan fingerprint density at radius 3 is 2.13 bits per heavy atom. The molecule has 0 aliphatic carbocycles. The molecule has 0 fully saturated rings. The van der Waals surface area contributed by atoms with Gasteiger partial charge in [0.25, 0.3) is 0 Å². The highest BCUT2D eigenvalue weighted by Crippen LogP contribution is 2.23. The van der Waals surface area contributed by atoms with Crippen LogP contribution in [0.1, 0.15) is 24.0 Å². The molecule has 0 radical (unpaired) electrons. The SMILES string of the molecule is FC(CCCc1ccccc1)Cc1ccc(OC(F)(F)F)cc1. The summed E-state index contributed by atoms with van der Waals surface area (Å²) in [6, 6.07) is 15.2. The number of hydrogen-bond donors (Lipinski definition) is 0. The van der Waals surface area contributed by atoms with E-state index in [0.29, 0.717) is 12.0 Å². The van der Waals surface area contributed by atoms with Crippen molar-refractivity contribution in [1.82, 2.24) is 0 Å². The summed E-state index contributed by atoms with van der Waals surface area (Å²) in [5, 5.41) is 0. The van der Waals surface area contributed by atoms with Gasteiger partial charge < -0.3 is 4.74 Å². The van der Waals surface area contributed by atoms with Gasteiger partial charge in [-0.2, -0.15) is 0 Å². The van der Waals surface area contributed by atoms with E-state index in [2.05, 4.69) is 4.74 Å². The first-order valence-electron chi connectivity index (χ1n) is 7.45. The van der Waals surface area contributed by atoms with E-state index in [1.807, 2.05) is 30.3 Å². The van der Waals surface area contributed by atoms with Crippen LogP contribution in [0.4, 0.5) is 17.6 Å². The van der Waals surface area contributed by atoms with Gasteiger partial charge in [-0.3, -0.25) is 0 Å². The molecule has 0 saturated heterocycles. The molecule has 124 valence electrons. The van der Waals surface area contributed by atoms with Gasteiger partial charge >= 0.3 is 6.36 Å². The molecule has 0 spiro atoms. The summed E-state index contributed by atoms with van der Waals surface area (Å²) in [6.45, 7) is 0. The molecule has 1 unspecified atom stereocenters. The summed E-state index contributed by atoms with van der Waals surface area (Å²) in [6.07, 6.45) is -3.54. The third-order valence-electron chi connectivity index (χ3n) is 3.44. The highest BCUT2D eigenvalue weighted by atomic mass is 19.4. The van der Waals surface area contributed by atoms with Crippen molar-refractivity contribution in [3.8, 4) is 5.75 Å². The van der Waals surface area contributed by atoms with Crippen molar-refractivity contribution in [1.29, 1.82) is 0 Å². The van der Waals surface area contributed by atoms with Crippen LogP contribution in [-0.2, 0) is 12.8 Å². The van der Waals surface area contributed by atoms with Gasteiger partial charge in [0.2, 0.25) is 0 Å². The Balaban J connectivity index is 1.75. The van der Waals surface area contributed by atoms with Crippen LogP contribution >= 0.6 is 0 Å². The van der Waals surface area contributed by atoms with Crippen molar-refractivity contribution in [3.05, 3.63) is 65.7 Å². The standard InChI is InChI=1S/C18H18F4O/c19-16(8-4-7-14-5-2-1-3-6-14)13-15-9-11-17(12-10-15)23-18(20,21)22/h1-3,5-6,9-12,16H,4,7-8,13H2. The van der Waals surface area contributed by atoms with Crippen molar-refractivity contribution in [2.45, 2.75) is 38.2 Å². The van der Waals surface area contributed by atoms with Crippen LogP contribution in [0.3, 0.4) is 0 Å². The minimum Gasteiger partial charge on any atom is -0.406 e. The van der Waals surface area contributed by atoms with Crippen molar-refractivity contribution >= 4 is 0 Å². The van der Waals surface area contributed by atoms with Crippen LogP contribution < -0.4 is 4.74 Å². The van der Waals surface area contributed by atoms with E-state index in [1.54, 1.807) is 0 Å². The lowest BCUT2D eigenvalue weighted by Gasteiger charge is -2.11. The topological polar surface area (TPSA) is 9.23 Å². The van der Waals surface area contributed by atoms with Gasteiger partial charge in [0, 0.05) is 6.42 Å². The minimum atomic E-state index is -4.71. The number of hydrogen-bond acceptors (Lipinski definition) is 1. The Morgan fingerprint density at radius 1 is 0.870 bits per heavy atom. The molecule has 2 aromatic rings. The molecule has 23 heavy (non-hydrogen) atoms. The summed E-state index contributed by atoms with van der Waals surface area (Å²) in [4.78, 5) is 0. The van der Waals surface area contributed by atoms with Crippen molar-refractivity contribution in [2.75, 3.05) is 0 Å². The highest BCUT2D eigenvalue weighted by Gasteiger charge is 2.30. The molecule has 0 aliphatic rings. The van der Waals surface area contributed by atoms with E-state index in [1.165, 1.54) is 29.8 Å². The van der Waals surface area contributed by atoms with E-state index in [0.717, 1.165) is 12.8 Å². The molecule has 1 nitrogen and oxygen atoms in total. The molecule has 0 aromatic heterocycles. The first kappa shape index (κ1) is 17.3. The Labute approximate surface area is 132 Å². The lowest BCUT2D eigenvalue weighted by atomic mass is 10.0. The Morgan fingerprint density at radius 2 is 1.52 bits per heavy atom. The Hall–Kier alpha value is -2.04. The van der Waals surface area contributed by atoms with Gasteiger partial charge in [-0.1, -0.05) is 42.5 Å². The molecular weight excluding hydrogens is 308 g/mol. The van der Waals surface area contributed by atoms with Crippen LogP contribution in [0.5, 0.6) is 5.75 Å². The molecule has 2 aromatic carbocycles. The highest BCUT2D eigenvalue weighted by molar-refractivity contribution is 5.27. The maximum atomic E-state index is 14.0. The molecular formula is C18H18F4O. The monoisotopic (exact) mass is 326 g/mol. The fourth-order valence-corrected chi connectivity index (χ4v) is 2.36. The zero-order valence-electron chi connectivity index (χ0n) is 12.5. The predicted octanol–water partition coefficient (Wildman–Crippen LogP) is 5.49. The Kier molecular flexibility index (Phi) is 6.02. The summed E-state index contributed by atoms with van der Waals surface area (Å²) >= 11 is 0. The summed E-state index contributed by atoms with van der Waals surface area (Å²) in [7, 11) is 0. The average molecular weight is 326 g/mol. The Bertz CT molecular complexity index is 578. The van der Waals surface area contributed by atoms with Gasteiger partial charge in [0.15, 0.2) is 0 Å². The molecule has 0 N–H and O–H groups in total. The van der Waals surface area contributed by atoms with E-state index in [9.17, 15) is 17.6 Å². The molecule has 0 amide bonds. The fraction of sp³-hybridized carbons (Fsp3) is 0.333. The van der Waals surface area contributed by atoms with Crippen LogP contribution in [0.25, 0.3) is 0 Å². The first-order valence-corrected chi connectivity index (χ1v) is 7.45. The lowest BCUT2D eigenvalue weighted by molar-refractivity contribution is -0.274. The van der Waals surface area contributed by atoms with Gasteiger partial charge in [-0.25, -0.2) is 4.39 Å². The summed E-state index contributed by atoms with van der Waals surface area (Å²) in [5.74, 6) is -0.291. The number of rotatable bonds is 7. The first-order chi connectivity index (χ1) is 10.9. The third kappa shape index (κ3) is 6.72. The molecule has 0 bridgehead atoms. The maximum Gasteiger partial charge on any atom is 0.573 e. The van der Waals surface area contributed by atoms with E-state index in [4.69, 9.17) is 0 Å². The smallest absolute Gasteiger partial charge is 0.406 e. The molecule has 5 heteroatoms.